The summed E-state index contributed by atoms with van der Waals surface area (Å²) in [7, 11) is 0. The number of hydrogen-bond acceptors (Lipinski definition) is 5. The summed E-state index contributed by atoms with van der Waals surface area (Å²) < 4.78 is 20.0. The summed E-state index contributed by atoms with van der Waals surface area (Å²) in [4.78, 5) is 16.9. The molecule has 178 valence electrons. The van der Waals surface area contributed by atoms with E-state index in [1.54, 1.807) is 24.3 Å². The van der Waals surface area contributed by atoms with Gasteiger partial charge in [-0.2, -0.15) is 0 Å². The van der Waals surface area contributed by atoms with Crippen molar-refractivity contribution in [2.75, 3.05) is 26.2 Å². The van der Waals surface area contributed by atoms with E-state index in [9.17, 15) is 9.18 Å². The first-order chi connectivity index (χ1) is 17.0. The van der Waals surface area contributed by atoms with Gasteiger partial charge >= 0.3 is 0 Å². The smallest absolute Gasteiger partial charge is 0.253 e. The lowest BCUT2D eigenvalue weighted by atomic mass is 10.1. The number of carbonyl (C=O) groups excluding carboxylic acids is 1. The summed E-state index contributed by atoms with van der Waals surface area (Å²) >= 11 is 6.16. The molecule has 8 heteroatoms. The zero-order chi connectivity index (χ0) is 24.4. The van der Waals surface area contributed by atoms with Gasteiger partial charge in [0.25, 0.3) is 5.91 Å². The Kier molecular flexibility index (Phi) is 6.61. The average molecular weight is 491 g/mol. The molecule has 0 atom stereocenters. The lowest BCUT2D eigenvalue weighted by Gasteiger charge is -2.35. The largest absolute Gasteiger partial charge is 0.416 e. The van der Waals surface area contributed by atoms with Gasteiger partial charge in [-0.1, -0.05) is 35.9 Å². The molecule has 1 aliphatic rings. The van der Waals surface area contributed by atoms with E-state index in [4.69, 9.17) is 16.0 Å². The van der Waals surface area contributed by atoms with Crippen LogP contribution >= 0.6 is 11.6 Å². The maximum absolute atomic E-state index is 14.1. The number of amides is 1. The molecule has 0 spiro atoms. The van der Waals surface area contributed by atoms with E-state index in [0.717, 1.165) is 16.7 Å². The minimum atomic E-state index is -0.302. The molecule has 1 fully saturated rings. The summed E-state index contributed by atoms with van der Waals surface area (Å²) in [6.07, 6.45) is 0. The van der Waals surface area contributed by atoms with Gasteiger partial charge in [0.2, 0.25) is 11.8 Å². The molecular formula is C27H24ClFN4O2. The van der Waals surface area contributed by atoms with Gasteiger partial charge in [-0.15, -0.1) is 10.2 Å². The van der Waals surface area contributed by atoms with Crippen molar-refractivity contribution in [3.05, 3.63) is 94.3 Å². The minimum Gasteiger partial charge on any atom is -0.416 e. The van der Waals surface area contributed by atoms with Gasteiger partial charge in [-0.05, 0) is 55.0 Å². The fraction of sp³-hybridized carbons (Fsp3) is 0.222. The van der Waals surface area contributed by atoms with Crippen LogP contribution in [0.1, 0.15) is 21.5 Å². The van der Waals surface area contributed by atoms with Gasteiger partial charge in [0, 0.05) is 60.0 Å². The Bertz CT molecular complexity index is 1330. The molecule has 6 nitrogen and oxygen atoms in total. The highest BCUT2D eigenvalue weighted by Gasteiger charge is 2.23. The van der Waals surface area contributed by atoms with Crippen LogP contribution in [0.15, 0.2) is 71.1 Å². The third-order valence-electron chi connectivity index (χ3n) is 6.28. The third-order valence-corrected chi connectivity index (χ3v) is 6.64. The second kappa shape index (κ2) is 9.98. The molecule has 0 radical (unpaired) electrons. The molecular weight excluding hydrogens is 467 g/mol. The second-order valence-corrected chi connectivity index (χ2v) is 8.98. The van der Waals surface area contributed by atoms with Crippen LogP contribution in [0, 0.1) is 12.7 Å². The lowest BCUT2D eigenvalue weighted by Crippen LogP contribution is -2.48. The van der Waals surface area contributed by atoms with Crippen LogP contribution in [0.4, 0.5) is 4.39 Å². The van der Waals surface area contributed by atoms with Crippen molar-refractivity contribution in [2.24, 2.45) is 0 Å². The zero-order valence-electron chi connectivity index (χ0n) is 19.2. The van der Waals surface area contributed by atoms with Gasteiger partial charge in [-0.25, -0.2) is 4.39 Å². The second-order valence-electron chi connectivity index (χ2n) is 8.57. The van der Waals surface area contributed by atoms with E-state index in [0.29, 0.717) is 60.7 Å². The molecule has 1 amide bonds. The maximum atomic E-state index is 14.1. The Morgan fingerprint density at radius 2 is 1.66 bits per heavy atom. The molecule has 0 N–H and O–H groups in total. The maximum Gasteiger partial charge on any atom is 0.253 e. The number of aromatic nitrogens is 2. The number of carbonyl (C=O) groups is 1. The Morgan fingerprint density at radius 1 is 0.943 bits per heavy atom. The Morgan fingerprint density at radius 3 is 2.37 bits per heavy atom. The van der Waals surface area contributed by atoms with Crippen LogP contribution in [0.25, 0.3) is 22.9 Å². The molecule has 4 aromatic rings. The van der Waals surface area contributed by atoms with Crippen LogP contribution < -0.4 is 0 Å². The van der Waals surface area contributed by atoms with Crippen molar-refractivity contribution in [3.63, 3.8) is 0 Å². The number of nitrogens with zero attached hydrogens (tertiary/aromatic N) is 4. The van der Waals surface area contributed by atoms with Crippen LogP contribution in [-0.2, 0) is 6.54 Å². The highest BCUT2D eigenvalue weighted by molar-refractivity contribution is 6.31. The molecule has 1 aromatic heterocycles. The molecule has 1 aliphatic heterocycles. The summed E-state index contributed by atoms with van der Waals surface area (Å²) in [6, 6.07) is 19.7. The van der Waals surface area contributed by atoms with E-state index in [-0.39, 0.29) is 11.7 Å². The molecule has 0 saturated carbocycles. The molecule has 0 bridgehead atoms. The summed E-state index contributed by atoms with van der Waals surface area (Å²) in [5, 5.41) is 8.77. The van der Waals surface area contributed by atoms with Crippen molar-refractivity contribution < 1.29 is 13.6 Å². The number of aryl methyl sites for hydroxylation is 1. The van der Waals surface area contributed by atoms with Crippen LogP contribution in [-0.4, -0.2) is 52.1 Å². The van der Waals surface area contributed by atoms with Gasteiger partial charge in [0.1, 0.15) is 5.82 Å². The van der Waals surface area contributed by atoms with E-state index in [1.807, 2.05) is 48.2 Å². The summed E-state index contributed by atoms with van der Waals surface area (Å²) in [6.45, 7) is 4.86. The van der Waals surface area contributed by atoms with Crippen LogP contribution in [0.5, 0.6) is 0 Å². The predicted octanol–water partition coefficient (Wildman–Crippen LogP) is 5.46. The number of benzene rings is 3. The monoisotopic (exact) mass is 490 g/mol. The van der Waals surface area contributed by atoms with E-state index >= 15 is 0 Å². The third kappa shape index (κ3) is 4.97. The van der Waals surface area contributed by atoms with E-state index in [2.05, 4.69) is 15.1 Å². The van der Waals surface area contributed by atoms with E-state index < -0.39 is 0 Å². The van der Waals surface area contributed by atoms with Gasteiger partial charge in [0.15, 0.2) is 0 Å². The molecule has 1 saturated heterocycles. The standard InChI is InChI=1S/C27H24ClFN4O2/c1-18-5-2-3-6-21(18)26-31-30-25(35-26)19-9-11-20(12-10-19)27(34)33-15-13-32(14-16-33)17-22-23(28)7-4-8-24(22)29/h2-12H,13-17H2,1H3. The fourth-order valence-electron chi connectivity index (χ4n) is 4.22. The number of halogens is 2. The lowest BCUT2D eigenvalue weighted by molar-refractivity contribution is 0.0627. The van der Waals surface area contributed by atoms with Crippen molar-refractivity contribution >= 4 is 17.5 Å². The first-order valence-corrected chi connectivity index (χ1v) is 11.8. The summed E-state index contributed by atoms with van der Waals surface area (Å²) in [5.74, 6) is 0.532. The van der Waals surface area contributed by atoms with E-state index in [1.165, 1.54) is 6.07 Å². The normalized spacial score (nSPS) is 14.3. The van der Waals surface area contributed by atoms with Crippen molar-refractivity contribution in [1.82, 2.24) is 20.0 Å². The highest BCUT2D eigenvalue weighted by Crippen LogP contribution is 2.26. The molecule has 0 unspecified atom stereocenters. The van der Waals surface area contributed by atoms with Gasteiger partial charge < -0.3 is 9.32 Å². The molecule has 35 heavy (non-hydrogen) atoms. The first-order valence-electron chi connectivity index (χ1n) is 11.4. The number of rotatable bonds is 5. The van der Waals surface area contributed by atoms with Crippen molar-refractivity contribution in [1.29, 1.82) is 0 Å². The molecule has 5 rings (SSSR count). The SMILES string of the molecule is Cc1ccccc1-c1nnc(-c2ccc(C(=O)N3CCN(Cc4c(F)cccc4Cl)CC3)cc2)o1. The molecule has 3 aromatic carbocycles. The van der Waals surface area contributed by atoms with Gasteiger partial charge in [-0.3, -0.25) is 9.69 Å². The van der Waals surface area contributed by atoms with Crippen LogP contribution in [0.2, 0.25) is 5.02 Å². The summed E-state index contributed by atoms with van der Waals surface area (Å²) in [5.41, 5.74) is 3.80. The molecule has 0 aliphatic carbocycles. The number of piperazine rings is 1. The Hall–Kier alpha value is -3.55. The van der Waals surface area contributed by atoms with Crippen LogP contribution in [0.3, 0.4) is 0 Å². The first kappa shape index (κ1) is 23.2. The highest BCUT2D eigenvalue weighted by atomic mass is 35.5. The molecule has 2 heterocycles. The minimum absolute atomic E-state index is 0.0359. The average Bonchev–Trinajstić information content (AvgIpc) is 3.37. The number of hydrogen-bond donors (Lipinski definition) is 0. The Balaban J connectivity index is 1.21. The van der Waals surface area contributed by atoms with Crippen molar-refractivity contribution in [2.45, 2.75) is 13.5 Å². The predicted molar refractivity (Wildman–Crippen MR) is 132 cm³/mol. The Labute approximate surface area is 208 Å². The topological polar surface area (TPSA) is 62.5 Å². The fourth-order valence-corrected chi connectivity index (χ4v) is 4.44. The zero-order valence-corrected chi connectivity index (χ0v) is 20.0. The van der Waals surface area contributed by atoms with Crippen molar-refractivity contribution in [3.8, 4) is 22.9 Å². The quantitative estimate of drug-likeness (QED) is 0.371. The van der Waals surface area contributed by atoms with Gasteiger partial charge in [0.05, 0.1) is 0 Å².